The zero-order valence-electron chi connectivity index (χ0n) is 26.1. The molecule has 0 radical (unpaired) electrons. The summed E-state index contributed by atoms with van der Waals surface area (Å²) in [4.78, 5) is 2.35. The molecule has 2 heteroatoms. The van der Waals surface area contributed by atoms with E-state index in [-0.39, 0.29) is 0 Å². The van der Waals surface area contributed by atoms with Crippen LogP contribution in [0.15, 0.2) is 180 Å². The highest BCUT2D eigenvalue weighted by Crippen LogP contribution is 2.43. The topological polar surface area (TPSA) is 16.4 Å². The highest BCUT2D eigenvalue weighted by atomic mass is 16.3. The summed E-state index contributed by atoms with van der Waals surface area (Å²) in [5.74, 6) is 0. The number of rotatable bonds is 4. The fourth-order valence-electron chi connectivity index (χ4n) is 7.60. The van der Waals surface area contributed by atoms with E-state index in [4.69, 9.17) is 4.42 Å². The SMILES string of the molecule is c1ccc2c(-c3ccc(N(c4ccc5c(c4)oc4ccccc45)c4ccc5c6ccccc6c6ccccc6c5c4)cc3)cccc2c1. The number of nitrogens with zero attached hydrogens (tertiary/aromatic N) is 1. The number of benzene rings is 9. The Morgan fingerprint density at radius 3 is 1.54 bits per heavy atom. The van der Waals surface area contributed by atoms with Gasteiger partial charge in [-0.25, -0.2) is 0 Å². The zero-order valence-corrected chi connectivity index (χ0v) is 26.1. The summed E-state index contributed by atoms with van der Waals surface area (Å²) in [7, 11) is 0. The van der Waals surface area contributed by atoms with Crippen molar-refractivity contribution in [3.8, 4) is 11.1 Å². The third kappa shape index (κ3) is 4.13. The summed E-state index contributed by atoms with van der Waals surface area (Å²) in [5, 5.41) is 12.3. The Labute approximate surface area is 277 Å². The van der Waals surface area contributed by atoms with E-state index in [0.717, 1.165) is 39.0 Å². The lowest BCUT2D eigenvalue weighted by molar-refractivity contribution is 0.669. The molecule has 48 heavy (non-hydrogen) atoms. The van der Waals surface area contributed by atoms with Crippen LogP contribution in [0.5, 0.6) is 0 Å². The van der Waals surface area contributed by atoms with Crippen molar-refractivity contribution in [2.45, 2.75) is 0 Å². The van der Waals surface area contributed by atoms with Crippen LogP contribution in [-0.4, -0.2) is 0 Å². The normalized spacial score (nSPS) is 11.8. The number of para-hydroxylation sites is 1. The second kappa shape index (κ2) is 10.6. The molecule has 224 valence electrons. The molecule has 0 aliphatic carbocycles. The number of hydrogen-bond acceptors (Lipinski definition) is 2. The van der Waals surface area contributed by atoms with E-state index in [1.54, 1.807) is 0 Å². The molecule has 0 atom stereocenters. The number of hydrogen-bond donors (Lipinski definition) is 0. The standard InChI is InChI=1S/C46H29NO/c1-2-12-35-30(10-1)11-9-18-36(35)31-20-22-32(23-21-31)47(34-25-27-43-42-17-7-8-19-45(42)48-46(43)29-34)33-24-26-41-39-15-4-3-13-37(39)38-14-5-6-16-40(38)44(41)28-33/h1-29H. The molecule has 0 spiro atoms. The maximum Gasteiger partial charge on any atom is 0.137 e. The lowest BCUT2D eigenvalue weighted by Crippen LogP contribution is -2.10. The van der Waals surface area contributed by atoms with E-state index >= 15 is 0 Å². The molecule has 10 aromatic rings. The molecule has 0 fully saturated rings. The first-order chi connectivity index (χ1) is 23.8. The molecule has 0 amide bonds. The number of furan rings is 1. The average molecular weight is 612 g/mol. The van der Waals surface area contributed by atoms with Crippen LogP contribution in [-0.2, 0) is 0 Å². The van der Waals surface area contributed by atoms with Crippen molar-refractivity contribution >= 4 is 82.1 Å². The van der Waals surface area contributed by atoms with Gasteiger partial charge in [-0.05, 0) is 96.7 Å². The van der Waals surface area contributed by atoms with Crippen LogP contribution >= 0.6 is 0 Å². The molecule has 2 nitrogen and oxygen atoms in total. The zero-order chi connectivity index (χ0) is 31.6. The minimum atomic E-state index is 0.878. The van der Waals surface area contributed by atoms with Gasteiger partial charge in [0.2, 0.25) is 0 Å². The second-order valence-electron chi connectivity index (χ2n) is 12.5. The minimum absolute atomic E-state index is 0.878. The fraction of sp³-hybridized carbons (Fsp3) is 0. The van der Waals surface area contributed by atoms with E-state index < -0.39 is 0 Å². The summed E-state index contributed by atoms with van der Waals surface area (Å²) in [6.07, 6.45) is 0. The van der Waals surface area contributed by atoms with E-state index in [1.807, 2.05) is 12.1 Å². The van der Waals surface area contributed by atoms with Gasteiger partial charge < -0.3 is 9.32 Å². The summed E-state index contributed by atoms with van der Waals surface area (Å²) in [6, 6.07) is 63.3. The van der Waals surface area contributed by atoms with Crippen molar-refractivity contribution in [3.05, 3.63) is 176 Å². The van der Waals surface area contributed by atoms with Crippen LogP contribution in [0.25, 0.3) is 76.2 Å². The predicted molar refractivity (Wildman–Crippen MR) is 204 cm³/mol. The van der Waals surface area contributed by atoms with Gasteiger partial charge in [-0.3, -0.25) is 0 Å². The monoisotopic (exact) mass is 611 g/mol. The van der Waals surface area contributed by atoms with Gasteiger partial charge in [-0.1, -0.05) is 127 Å². The van der Waals surface area contributed by atoms with Crippen molar-refractivity contribution < 1.29 is 4.42 Å². The van der Waals surface area contributed by atoms with Crippen molar-refractivity contribution in [2.24, 2.45) is 0 Å². The Kier molecular flexibility index (Phi) is 5.91. The second-order valence-corrected chi connectivity index (χ2v) is 12.5. The molecule has 0 aliphatic rings. The van der Waals surface area contributed by atoms with Crippen LogP contribution in [0.1, 0.15) is 0 Å². The van der Waals surface area contributed by atoms with Gasteiger partial charge in [0.15, 0.2) is 0 Å². The van der Waals surface area contributed by atoms with Gasteiger partial charge in [0, 0.05) is 33.9 Å². The van der Waals surface area contributed by atoms with Crippen molar-refractivity contribution in [1.29, 1.82) is 0 Å². The van der Waals surface area contributed by atoms with Gasteiger partial charge in [-0.2, -0.15) is 0 Å². The van der Waals surface area contributed by atoms with Crippen LogP contribution in [0.3, 0.4) is 0 Å². The number of fused-ring (bicyclic) bond motifs is 10. The van der Waals surface area contributed by atoms with Crippen molar-refractivity contribution in [3.63, 3.8) is 0 Å². The average Bonchev–Trinajstić information content (AvgIpc) is 3.53. The molecule has 9 aromatic carbocycles. The molecular weight excluding hydrogens is 583 g/mol. The third-order valence-electron chi connectivity index (χ3n) is 9.83. The molecule has 1 heterocycles. The summed E-state index contributed by atoms with van der Waals surface area (Å²) in [6.45, 7) is 0. The number of anilines is 3. The van der Waals surface area contributed by atoms with Crippen molar-refractivity contribution in [2.75, 3.05) is 4.90 Å². The predicted octanol–water partition coefficient (Wildman–Crippen LogP) is 13.3. The molecule has 0 N–H and O–H groups in total. The maximum absolute atomic E-state index is 6.38. The summed E-state index contributed by atoms with van der Waals surface area (Å²) >= 11 is 0. The van der Waals surface area contributed by atoms with Gasteiger partial charge in [0.25, 0.3) is 0 Å². The largest absolute Gasteiger partial charge is 0.456 e. The smallest absolute Gasteiger partial charge is 0.137 e. The van der Waals surface area contributed by atoms with Crippen LogP contribution in [0, 0.1) is 0 Å². The molecule has 0 saturated carbocycles. The van der Waals surface area contributed by atoms with Crippen LogP contribution in [0.2, 0.25) is 0 Å². The van der Waals surface area contributed by atoms with Gasteiger partial charge >= 0.3 is 0 Å². The molecule has 10 rings (SSSR count). The Hall–Kier alpha value is -6.38. The van der Waals surface area contributed by atoms with E-state index in [0.29, 0.717) is 0 Å². The van der Waals surface area contributed by atoms with Crippen molar-refractivity contribution in [1.82, 2.24) is 0 Å². The molecular formula is C46H29NO. The van der Waals surface area contributed by atoms with E-state index in [2.05, 4.69) is 169 Å². The molecule has 0 aliphatic heterocycles. The Morgan fingerprint density at radius 2 is 0.812 bits per heavy atom. The van der Waals surface area contributed by atoms with Crippen LogP contribution in [0.4, 0.5) is 17.1 Å². The first-order valence-corrected chi connectivity index (χ1v) is 16.4. The first-order valence-electron chi connectivity index (χ1n) is 16.4. The lowest BCUT2D eigenvalue weighted by Gasteiger charge is -2.26. The third-order valence-corrected chi connectivity index (χ3v) is 9.83. The van der Waals surface area contributed by atoms with Crippen LogP contribution < -0.4 is 4.90 Å². The molecule has 0 unspecified atom stereocenters. The summed E-state index contributed by atoms with van der Waals surface area (Å²) in [5.41, 5.74) is 7.43. The highest BCUT2D eigenvalue weighted by Gasteiger charge is 2.18. The highest BCUT2D eigenvalue weighted by molar-refractivity contribution is 6.25. The molecule has 1 aromatic heterocycles. The Bertz CT molecular complexity index is 2800. The quantitative estimate of drug-likeness (QED) is 0.184. The molecule has 0 saturated heterocycles. The van der Waals surface area contributed by atoms with E-state index in [9.17, 15) is 0 Å². The first kappa shape index (κ1) is 26.8. The lowest BCUT2D eigenvalue weighted by atomic mass is 9.94. The Morgan fingerprint density at radius 1 is 0.312 bits per heavy atom. The minimum Gasteiger partial charge on any atom is -0.456 e. The molecule has 0 bridgehead atoms. The maximum atomic E-state index is 6.38. The fourth-order valence-corrected chi connectivity index (χ4v) is 7.60. The summed E-state index contributed by atoms with van der Waals surface area (Å²) < 4.78 is 6.38. The van der Waals surface area contributed by atoms with Gasteiger partial charge in [0.1, 0.15) is 11.2 Å². The van der Waals surface area contributed by atoms with Gasteiger partial charge in [-0.15, -0.1) is 0 Å². The Balaban J connectivity index is 1.19. The van der Waals surface area contributed by atoms with Gasteiger partial charge in [0.05, 0.1) is 0 Å². The van der Waals surface area contributed by atoms with E-state index in [1.165, 1.54) is 54.2 Å².